The van der Waals surface area contributed by atoms with Gasteiger partial charge < -0.3 is 5.32 Å². The van der Waals surface area contributed by atoms with Crippen LogP contribution in [0.25, 0.3) is 0 Å². The van der Waals surface area contributed by atoms with Gasteiger partial charge in [0.25, 0.3) is 0 Å². The Balaban J connectivity index is 1.98. The highest BCUT2D eigenvalue weighted by molar-refractivity contribution is 6.32. The minimum atomic E-state index is -4.44. The first-order chi connectivity index (χ1) is 10.8. The van der Waals surface area contributed by atoms with E-state index in [2.05, 4.69) is 5.32 Å². The van der Waals surface area contributed by atoms with E-state index in [1.807, 2.05) is 31.2 Å². The van der Waals surface area contributed by atoms with Crippen LogP contribution in [0.2, 0.25) is 10.0 Å². The fraction of sp³-hybridized carbons (Fsp3) is 0.294. The minimum absolute atomic E-state index is 0.205. The second-order valence-corrected chi connectivity index (χ2v) is 6.17. The molecule has 0 bridgehead atoms. The number of rotatable bonds is 5. The lowest BCUT2D eigenvalue weighted by molar-refractivity contribution is -0.137. The van der Waals surface area contributed by atoms with E-state index in [-0.39, 0.29) is 17.5 Å². The van der Waals surface area contributed by atoms with Crippen LogP contribution in [0.5, 0.6) is 0 Å². The molecule has 1 atom stereocenters. The molecule has 23 heavy (non-hydrogen) atoms. The molecule has 0 aliphatic rings. The maximum Gasteiger partial charge on any atom is 0.417 e. The van der Waals surface area contributed by atoms with Gasteiger partial charge in [-0.1, -0.05) is 54.4 Å². The summed E-state index contributed by atoms with van der Waals surface area (Å²) in [5.41, 5.74) is 0.742. The fourth-order valence-electron chi connectivity index (χ4n) is 2.27. The van der Waals surface area contributed by atoms with Gasteiger partial charge in [-0.2, -0.15) is 13.2 Å². The molecule has 0 spiro atoms. The quantitative estimate of drug-likeness (QED) is 0.698. The summed E-state index contributed by atoms with van der Waals surface area (Å²) in [5, 5.41) is 3.58. The van der Waals surface area contributed by atoms with Crippen LogP contribution in [0.3, 0.4) is 0 Å². The summed E-state index contributed by atoms with van der Waals surface area (Å²) < 4.78 is 38.5. The van der Waals surface area contributed by atoms with Gasteiger partial charge in [-0.3, -0.25) is 0 Å². The van der Waals surface area contributed by atoms with Crippen LogP contribution in [0.4, 0.5) is 13.2 Å². The van der Waals surface area contributed by atoms with Gasteiger partial charge in [-0.05, 0) is 35.2 Å². The van der Waals surface area contributed by atoms with Crippen LogP contribution in [-0.4, -0.2) is 6.54 Å². The number of nitrogens with one attached hydrogen (secondary N) is 1. The van der Waals surface area contributed by atoms with E-state index in [1.54, 1.807) is 6.07 Å². The molecule has 1 unspecified atom stereocenters. The molecule has 124 valence electrons. The Morgan fingerprint density at radius 1 is 1.04 bits per heavy atom. The molecule has 0 saturated carbocycles. The maximum atomic E-state index is 12.8. The van der Waals surface area contributed by atoms with Gasteiger partial charge in [-0.15, -0.1) is 0 Å². The molecule has 6 heteroatoms. The van der Waals surface area contributed by atoms with E-state index < -0.39 is 11.7 Å². The lowest BCUT2D eigenvalue weighted by Gasteiger charge is -2.15. The number of halogens is 5. The van der Waals surface area contributed by atoms with Gasteiger partial charge in [-0.25, -0.2) is 0 Å². The molecule has 0 saturated heterocycles. The van der Waals surface area contributed by atoms with Gasteiger partial charge in [0.15, 0.2) is 0 Å². The average Bonchev–Trinajstić information content (AvgIpc) is 2.48. The van der Waals surface area contributed by atoms with Crippen LogP contribution < -0.4 is 5.32 Å². The van der Waals surface area contributed by atoms with E-state index >= 15 is 0 Å². The molecule has 0 amide bonds. The van der Waals surface area contributed by atoms with Crippen molar-refractivity contribution >= 4 is 23.2 Å². The zero-order valence-corrected chi connectivity index (χ0v) is 13.9. The van der Waals surface area contributed by atoms with Crippen LogP contribution in [-0.2, 0) is 12.7 Å². The van der Waals surface area contributed by atoms with Crippen molar-refractivity contribution in [2.45, 2.75) is 25.6 Å². The molecule has 0 radical (unpaired) electrons. The van der Waals surface area contributed by atoms with Crippen molar-refractivity contribution in [2.24, 2.45) is 0 Å². The molecule has 2 aromatic carbocycles. The van der Waals surface area contributed by atoms with Gasteiger partial charge in [0, 0.05) is 18.1 Å². The Bertz CT molecular complexity index is 654. The lowest BCUT2D eigenvalue weighted by atomic mass is 10.0. The standard InChI is InChI=1S/C17H16Cl2F3N/c1-11(12-5-7-14(18)8-6-12)9-23-10-13-3-2-4-15(16(13)19)17(20,21)22/h2-8,11,23H,9-10H2,1H3. The largest absolute Gasteiger partial charge is 0.417 e. The van der Waals surface area contributed by atoms with E-state index in [4.69, 9.17) is 23.2 Å². The van der Waals surface area contributed by atoms with Gasteiger partial charge in [0.05, 0.1) is 10.6 Å². The smallest absolute Gasteiger partial charge is 0.312 e. The third-order valence-electron chi connectivity index (χ3n) is 3.59. The molecule has 0 aromatic heterocycles. The minimum Gasteiger partial charge on any atom is -0.312 e. The van der Waals surface area contributed by atoms with Crippen LogP contribution in [0.15, 0.2) is 42.5 Å². The predicted octanol–water partition coefficient (Wildman–Crippen LogP) is 5.91. The summed E-state index contributed by atoms with van der Waals surface area (Å²) in [6, 6.07) is 11.5. The molecule has 0 heterocycles. The van der Waals surface area contributed by atoms with E-state index in [0.717, 1.165) is 11.6 Å². The third kappa shape index (κ3) is 4.87. The Labute approximate surface area is 143 Å². The average molecular weight is 362 g/mol. The second kappa shape index (κ2) is 7.56. The molecule has 1 nitrogen and oxygen atoms in total. The Kier molecular flexibility index (Phi) is 5.95. The molecule has 2 rings (SSSR count). The van der Waals surface area contributed by atoms with Crippen LogP contribution in [0, 0.1) is 0 Å². The Morgan fingerprint density at radius 3 is 2.30 bits per heavy atom. The fourth-order valence-corrected chi connectivity index (χ4v) is 2.69. The predicted molar refractivity (Wildman–Crippen MR) is 88.0 cm³/mol. The number of hydrogen-bond acceptors (Lipinski definition) is 1. The van der Waals surface area contributed by atoms with Crippen LogP contribution >= 0.6 is 23.2 Å². The van der Waals surface area contributed by atoms with E-state index in [9.17, 15) is 13.2 Å². The zero-order chi connectivity index (χ0) is 17.0. The molecule has 0 fully saturated rings. The number of benzene rings is 2. The first-order valence-electron chi connectivity index (χ1n) is 7.10. The maximum absolute atomic E-state index is 12.8. The Morgan fingerprint density at radius 2 is 1.70 bits per heavy atom. The van der Waals surface area contributed by atoms with E-state index in [1.165, 1.54) is 6.07 Å². The van der Waals surface area contributed by atoms with Crippen molar-refractivity contribution in [1.82, 2.24) is 5.32 Å². The molecular weight excluding hydrogens is 346 g/mol. The van der Waals surface area contributed by atoms with E-state index in [0.29, 0.717) is 17.1 Å². The van der Waals surface area contributed by atoms with Gasteiger partial charge in [0.2, 0.25) is 0 Å². The van der Waals surface area contributed by atoms with Crippen molar-refractivity contribution in [3.05, 3.63) is 69.2 Å². The highest BCUT2D eigenvalue weighted by Gasteiger charge is 2.33. The summed E-state index contributed by atoms with van der Waals surface area (Å²) in [4.78, 5) is 0. The third-order valence-corrected chi connectivity index (χ3v) is 4.29. The lowest BCUT2D eigenvalue weighted by Crippen LogP contribution is -2.20. The number of alkyl halides is 3. The topological polar surface area (TPSA) is 12.0 Å². The second-order valence-electron chi connectivity index (χ2n) is 5.36. The first kappa shape index (κ1) is 18.1. The monoisotopic (exact) mass is 361 g/mol. The van der Waals surface area contributed by atoms with Gasteiger partial charge >= 0.3 is 6.18 Å². The Hall–Kier alpha value is -1.23. The highest BCUT2D eigenvalue weighted by Crippen LogP contribution is 2.36. The summed E-state index contributed by atoms with van der Waals surface area (Å²) in [6.07, 6.45) is -4.44. The summed E-state index contributed by atoms with van der Waals surface area (Å²) in [7, 11) is 0. The highest BCUT2D eigenvalue weighted by atomic mass is 35.5. The molecular formula is C17H16Cl2F3N. The first-order valence-corrected chi connectivity index (χ1v) is 7.85. The molecule has 0 aliphatic carbocycles. The van der Waals surface area contributed by atoms with Crippen LogP contribution in [0.1, 0.15) is 29.5 Å². The molecule has 1 N–H and O–H groups in total. The van der Waals surface area contributed by atoms with Crippen molar-refractivity contribution in [1.29, 1.82) is 0 Å². The zero-order valence-electron chi connectivity index (χ0n) is 12.4. The van der Waals surface area contributed by atoms with Gasteiger partial charge in [0.1, 0.15) is 0 Å². The normalized spacial score (nSPS) is 13.1. The van der Waals surface area contributed by atoms with Crippen molar-refractivity contribution in [2.75, 3.05) is 6.54 Å². The van der Waals surface area contributed by atoms with Crippen molar-refractivity contribution < 1.29 is 13.2 Å². The summed E-state index contributed by atoms with van der Waals surface area (Å²) in [6.45, 7) is 2.93. The number of hydrogen-bond donors (Lipinski definition) is 1. The van der Waals surface area contributed by atoms with Crippen molar-refractivity contribution in [3.8, 4) is 0 Å². The summed E-state index contributed by atoms with van der Waals surface area (Å²) in [5.74, 6) is 0.205. The molecule has 0 aliphatic heterocycles. The summed E-state index contributed by atoms with van der Waals surface area (Å²) >= 11 is 11.7. The SMILES string of the molecule is CC(CNCc1cccc(C(F)(F)F)c1Cl)c1ccc(Cl)cc1. The molecule has 2 aromatic rings. The van der Waals surface area contributed by atoms with Crippen molar-refractivity contribution in [3.63, 3.8) is 0 Å².